The van der Waals surface area contributed by atoms with Gasteiger partial charge in [0.05, 0.1) is 11.8 Å². The maximum absolute atomic E-state index is 5.41. The zero-order valence-electron chi connectivity index (χ0n) is 11.5. The van der Waals surface area contributed by atoms with Crippen molar-refractivity contribution in [3.05, 3.63) is 66.2 Å². The third kappa shape index (κ3) is 2.58. The molecule has 1 unspecified atom stereocenters. The van der Waals surface area contributed by atoms with Crippen LogP contribution in [0.4, 0.5) is 0 Å². The summed E-state index contributed by atoms with van der Waals surface area (Å²) in [4.78, 5) is 4.42. The average molecular weight is 266 g/mol. The van der Waals surface area contributed by atoms with Gasteiger partial charge in [-0.05, 0) is 43.3 Å². The van der Waals surface area contributed by atoms with Crippen LogP contribution >= 0.6 is 0 Å². The van der Waals surface area contributed by atoms with E-state index in [0.717, 1.165) is 24.1 Å². The maximum Gasteiger partial charge on any atom is 0.103 e. The first-order chi connectivity index (χ1) is 9.88. The summed E-state index contributed by atoms with van der Waals surface area (Å²) in [5, 5.41) is 4.62. The second kappa shape index (κ2) is 5.88. The van der Waals surface area contributed by atoms with Crippen LogP contribution in [0.15, 0.2) is 59.3 Å². The standard InChI is InChI=1S/C17H18N2O/c1-18-16(10-9-13-5-4-12-20-13)14-6-2-8-17-15(14)7-3-11-19-17/h2-8,11-12,16,18H,9-10H2,1H3. The van der Waals surface area contributed by atoms with E-state index >= 15 is 0 Å². The molecule has 3 rings (SSSR count). The van der Waals surface area contributed by atoms with E-state index in [0.29, 0.717) is 6.04 Å². The van der Waals surface area contributed by atoms with Gasteiger partial charge in [0, 0.05) is 24.0 Å². The third-order valence-electron chi connectivity index (χ3n) is 3.66. The van der Waals surface area contributed by atoms with Gasteiger partial charge in [-0.2, -0.15) is 0 Å². The van der Waals surface area contributed by atoms with Crippen LogP contribution in [0.2, 0.25) is 0 Å². The fraction of sp³-hybridized carbons (Fsp3) is 0.235. The summed E-state index contributed by atoms with van der Waals surface area (Å²) >= 11 is 0. The Labute approximate surface area is 118 Å². The number of hydrogen-bond acceptors (Lipinski definition) is 3. The van der Waals surface area contributed by atoms with E-state index in [1.165, 1.54) is 10.9 Å². The highest BCUT2D eigenvalue weighted by atomic mass is 16.3. The molecule has 1 aromatic carbocycles. The van der Waals surface area contributed by atoms with Crippen LogP contribution in [0.5, 0.6) is 0 Å². The fourth-order valence-corrected chi connectivity index (χ4v) is 2.63. The van der Waals surface area contributed by atoms with Crippen LogP contribution in [0.1, 0.15) is 23.8 Å². The highest BCUT2D eigenvalue weighted by Gasteiger charge is 2.13. The topological polar surface area (TPSA) is 38.1 Å². The van der Waals surface area contributed by atoms with Gasteiger partial charge in [0.15, 0.2) is 0 Å². The van der Waals surface area contributed by atoms with Gasteiger partial charge < -0.3 is 9.73 Å². The number of nitrogens with zero attached hydrogens (tertiary/aromatic N) is 1. The summed E-state index contributed by atoms with van der Waals surface area (Å²) in [5.41, 5.74) is 2.34. The van der Waals surface area contributed by atoms with E-state index in [-0.39, 0.29) is 0 Å². The van der Waals surface area contributed by atoms with E-state index < -0.39 is 0 Å². The first-order valence-electron chi connectivity index (χ1n) is 6.92. The molecule has 2 aromatic heterocycles. The van der Waals surface area contributed by atoms with Gasteiger partial charge in [-0.1, -0.05) is 18.2 Å². The molecule has 3 heteroatoms. The Morgan fingerprint density at radius 3 is 2.90 bits per heavy atom. The van der Waals surface area contributed by atoms with Gasteiger partial charge in [-0.3, -0.25) is 4.98 Å². The smallest absolute Gasteiger partial charge is 0.103 e. The lowest BCUT2D eigenvalue weighted by atomic mass is 9.97. The molecule has 0 aliphatic heterocycles. The summed E-state index contributed by atoms with van der Waals surface area (Å²) in [6, 6.07) is 14.7. The zero-order valence-corrected chi connectivity index (χ0v) is 11.5. The van der Waals surface area contributed by atoms with E-state index in [4.69, 9.17) is 4.42 Å². The van der Waals surface area contributed by atoms with Crippen molar-refractivity contribution >= 4 is 10.9 Å². The number of aryl methyl sites for hydroxylation is 1. The molecule has 3 nitrogen and oxygen atoms in total. The second-order valence-corrected chi connectivity index (χ2v) is 4.88. The predicted octanol–water partition coefficient (Wildman–Crippen LogP) is 3.72. The van der Waals surface area contributed by atoms with Crippen molar-refractivity contribution in [3.8, 4) is 0 Å². The van der Waals surface area contributed by atoms with E-state index in [9.17, 15) is 0 Å². The summed E-state index contributed by atoms with van der Waals surface area (Å²) < 4.78 is 5.41. The van der Waals surface area contributed by atoms with Crippen LogP contribution in [0.3, 0.4) is 0 Å². The van der Waals surface area contributed by atoms with Crippen LogP contribution < -0.4 is 5.32 Å². The highest BCUT2D eigenvalue weighted by Crippen LogP contribution is 2.26. The molecule has 20 heavy (non-hydrogen) atoms. The Balaban J connectivity index is 1.87. The molecule has 102 valence electrons. The molecule has 0 saturated heterocycles. The first-order valence-corrected chi connectivity index (χ1v) is 6.92. The number of benzene rings is 1. The largest absolute Gasteiger partial charge is 0.469 e. The van der Waals surface area contributed by atoms with Gasteiger partial charge in [-0.25, -0.2) is 0 Å². The first kappa shape index (κ1) is 12.9. The Morgan fingerprint density at radius 2 is 2.10 bits per heavy atom. The molecule has 3 aromatic rings. The van der Waals surface area contributed by atoms with Crippen molar-refractivity contribution in [2.75, 3.05) is 7.05 Å². The van der Waals surface area contributed by atoms with Crippen molar-refractivity contribution in [1.29, 1.82) is 0 Å². The molecule has 0 fully saturated rings. The summed E-state index contributed by atoms with van der Waals surface area (Å²) in [7, 11) is 2.00. The molecule has 2 heterocycles. The number of furan rings is 1. The number of pyridine rings is 1. The molecule has 1 N–H and O–H groups in total. The SMILES string of the molecule is CNC(CCc1ccco1)c1cccc2ncccc12. The minimum Gasteiger partial charge on any atom is -0.469 e. The minimum atomic E-state index is 0.299. The van der Waals surface area contributed by atoms with Gasteiger partial charge >= 0.3 is 0 Å². The zero-order chi connectivity index (χ0) is 13.8. The number of aromatic nitrogens is 1. The molecule has 0 aliphatic rings. The Bertz CT molecular complexity index is 671. The molecular weight excluding hydrogens is 248 g/mol. The van der Waals surface area contributed by atoms with Gasteiger partial charge in [0.1, 0.15) is 5.76 Å². The van der Waals surface area contributed by atoms with Crippen molar-refractivity contribution in [2.45, 2.75) is 18.9 Å². The van der Waals surface area contributed by atoms with Gasteiger partial charge in [0.25, 0.3) is 0 Å². The Hall–Kier alpha value is -2.13. The molecule has 1 atom stereocenters. The maximum atomic E-state index is 5.41. The number of fused-ring (bicyclic) bond motifs is 1. The minimum absolute atomic E-state index is 0.299. The summed E-state index contributed by atoms with van der Waals surface area (Å²) in [6.07, 6.45) is 5.49. The predicted molar refractivity (Wildman–Crippen MR) is 80.6 cm³/mol. The molecule has 0 radical (unpaired) electrons. The van der Waals surface area contributed by atoms with Crippen molar-refractivity contribution in [2.24, 2.45) is 0 Å². The number of hydrogen-bond donors (Lipinski definition) is 1. The van der Waals surface area contributed by atoms with E-state index in [1.807, 2.05) is 31.4 Å². The van der Waals surface area contributed by atoms with Crippen LogP contribution in [0, 0.1) is 0 Å². The number of nitrogens with one attached hydrogen (secondary N) is 1. The Morgan fingerprint density at radius 1 is 1.15 bits per heavy atom. The highest BCUT2D eigenvalue weighted by molar-refractivity contribution is 5.82. The monoisotopic (exact) mass is 266 g/mol. The quantitative estimate of drug-likeness (QED) is 0.764. The van der Waals surface area contributed by atoms with Gasteiger partial charge in [0.2, 0.25) is 0 Å². The average Bonchev–Trinajstić information content (AvgIpc) is 3.01. The van der Waals surface area contributed by atoms with E-state index in [1.54, 1.807) is 6.26 Å². The summed E-state index contributed by atoms with van der Waals surface area (Å²) in [6.45, 7) is 0. The molecule has 0 amide bonds. The van der Waals surface area contributed by atoms with Crippen molar-refractivity contribution in [3.63, 3.8) is 0 Å². The van der Waals surface area contributed by atoms with Crippen molar-refractivity contribution in [1.82, 2.24) is 10.3 Å². The van der Waals surface area contributed by atoms with Crippen LogP contribution in [-0.4, -0.2) is 12.0 Å². The lowest BCUT2D eigenvalue weighted by Gasteiger charge is -2.18. The molecule has 0 bridgehead atoms. The number of rotatable bonds is 5. The Kier molecular flexibility index (Phi) is 3.79. The van der Waals surface area contributed by atoms with Crippen LogP contribution in [0.25, 0.3) is 10.9 Å². The lowest BCUT2D eigenvalue weighted by Crippen LogP contribution is -2.17. The molecule has 0 spiro atoms. The van der Waals surface area contributed by atoms with E-state index in [2.05, 4.69) is 34.6 Å². The fourth-order valence-electron chi connectivity index (χ4n) is 2.63. The third-order valence-corrected chi connectivity index (χ3v) is 3.66. The molecule has 0 saturated carbocycles. The van der Waals surface area contributed by atoms with Gasteiger partial charge in [-0.15, -0.1) is 0 Å². The molecular formula is C17H18N2O. The normalized spacial score (nSPS) is 12.7. The van der Waals surface area contributed by atoms with Crippen LogP contribution in [-0.2, 0) is 6.42 Å². The molecule has 0 aliphatic carbocycles. The second-order valence-electron chi connectivity index (χ2n) is 4.88. The summed E-state index contributed by atoms with van der Waals surface area (Å²) in [5.74, 6) is 1.03. The lowest BCUT2D eigenvalue weighted by molar-refractivity contribution is 0.470. The van der Waals surface area contributed by atoms with Crippen molar-refractivity contribution < 1.29 is 4.42 Å².